The van der Waals surface area contributed by atoms with E-state index < -0.39 is 43.1 Å². The number of aliphatic hydroxyl groups excluding tert-OH is 3. The zero-order chi connectivity index (χ0) is 24.6. The molecule has 0 heterocycles. The molecular formula is C23H42O9. The molecule has 32 heavy (non-hydrogen) atoms. The predicted octanol–water partition coefficient (Wildman–Crippen LogP) is 3.05. The minimum Gasteiger partial charge on any atom is -0.481 e. The topological polar surface area (TPSA) is 162 Å². The molecule has 2 atom stereocenters. The molecule has 0 aromatic heterocycles. The molecule has 0 spiro atoms. The van der Waals surface area contributed by atoms with Crippen LogP contribution in [0.1, 0.15) is 90.4 Å². The average Bonchev–Trinajstić information content (AvgIpc) is 2.75. The number of esters is 1. The lowest BCUT2D eigenvalue weighted by molar-refractivity contribution is -0.152. The van der Waals surface area contributed by atoms with E-state index in [1.54, 1.807) is 0 Å². The Balaban J connectivity index is 0. The average molecular weight is 463 g/mol. The molecule has 0 fully saturated rings. The highest BCUT2D eigenvalue weighted by Gasteiger charge is 2.16. The molecule has 0 amide bonds. The number of ether oxygens (including phenoxy) is 1. The standard InChI is InChI=1S/C19H36O4.C4H6O5/c1-2-3-4-5-6-7-8-9-10-11-12-13-14-15-19(22)23-17-18(21)16-20;5-2(4(8)9)1-3(6)7/h14-15,18,20-21H,2-13,16-17H2,1H3;2,5H,1H2,(H,6,7)(H,8,9)/b15-14+;. The van der Waals surface area contributed by atoms with Crippen LogP contribution in [-0.2, 0) is 19.1 Å². The Labute approximate surface area is 191 Å². The fourth-order valence-electron chi connectivity index (χ4n) is 2.64. The molecule has 0 bridgehead atoms. The van der Waals surface area contributed by atoms with E-state index in [0.29, 0.717) is 0 Å². The Morgan fingerprint density at radius 3 is 1.75 bits per heavy atom. The van der Waals surface area contributed by atoms with E-state index in [1.807, 2.05) is 6.08 Å². The van der Waals surface area contributed by atoms with Crippen molar-refractivity contribution < 1.29 is 44.7 Å². The third kappa shape index (κ3) is 26.1. The van der Waals surface area contributed by atoms with Crippen molar-refractivity contribution in [2.24, 2.45) is 0 Å². The third-order valence-corrected chi connectivity index (χ3v) is 4.51. The van der Waals surface area contributed by atoms with Gasteiger partial charge in [-0.25, -0.2) is 9.59 Å². The van der Waals surface area contributed by atoms with Gasteiger partial charge < -0.3 is 30.3 Å². The van der Waals surface area contributed by atoms with Gasteiger partial charge in [0.2, 0.25) is 0 Å². The summed E-state index contributed by atoms with van der Waals surface area (Å²) in [6.07, 6.45) is 15.1. The van der Waals surface area contributed by atoms with Crippen molar-refractivity contribution in [3.05, 3.63) is 12.2 Å². The SMILES string of the molecule is CCCCCCCCCCCCC/C=C/C(=O)OCC(O)CO.O=C(O)CC(O)C(=O)O. The molecule has 0 saturated heterocycles. The predicted molar refractivity (Wildman–Crippen MR) is 120 cm³/mol. The zero-order valence-electron chi connectivity index (χ0n) is 19.3. The molecule has 0 aliphatic heterocycles. The second-order valence-corrected chi connectivity index (χ2v) is 7.64. The van der Waals surface area contributed by atoms with Crippen molar-refractivity contribution in [1.29, 1.82) is 0 Å². The Morgan fingerprint density at radius 2 is 1.34 bits per heavy atom. The van der Waals surface area contributed by atoms with Gasteiger partial charge in [0.05, 0.1) is 13.0 Å². The monoisotopic (exact) mass is 462 g/mol. The van der Waals surface area contributed by atoms with Gasteiger partial charge in [0.1, 0.15) is 12.7 Å². The molecule has 0 aliphatic rings. The molecule has 0 rings (SSSR count). The number of hydrogen-bond acceptors (Lipinski definition) is 7. The summed E-state index contributed by atoms with van der Waals surface area (Å²) in [5, 5.41) is 41.8. The van der Waals surface area contributed by atoms with E-state index in [2.05, 4.69) is 6.92 Å². The fraction of sp³-hybridized carbons (Fsp3) is 0.783. The normalized spacial score (nSPS) is 12.6. The molecule has 0 aromatic rings. The second-order valence-electron chi connectivity index (χ2n) is 7.64. The highest BCUT2D eigenvalue weighted by molar-refractivity contribution is 5.81. The number of carboxylic acids is 2. The van der Waals surface area contributed by atoms with Gasteiger partial charge in [0.25, 0.3) is 0 Å². The van der Waals surface area contributed by atoms with E-state index in [-0.39, 0.29) is 6.61 Å². The van der Waals surface area contributed by atoms with Gasteiger partial charge in [-0.15, -0.1) is 0 Å². The van der Waals surface area contributed by atoms with Gasteiger partial charge in [-0.05, 0) is 12.8 Å². The van der Waals surface area contributed by atoms with Crippen molar-refractivity contribution in [3.8, 4) is 0 Å². The zero-order valence-corrected chi connectivity index (χ0v) is 19.3. The van der Waals surface area contributed by atoms with Crippen molar-refractivity contribution in [2.45, 2.75) is 103 Å². The van der Waals surface area contributed by atoms with Crippen molar-refractivity contribution in [3.63, 3.8) is 0 Å². The summed E-state index contributed by atoms with van der Waals surface area (Å²) >= 11 is 0. The Hall–Kier alpha value is -1.97. The van der Waals surface area contributed by atoms with Crippen LogP contribution in [-0.4, -0.2) is 68.9 Å². The van der Waals surface area contributed by atoms with Crippen LogP contribution in [0.25, 0.3) is 0 Å². The maximum absolute atomic E-state index is 11.3. The van der Waals surface area contributed by atoms with Gasteiger partial charge >= 0.3 is 17.9 Å². The molecule has 0 saturated carbocycles. The first-order chi connectivity index (χ1) is 15.2. The lowest BCUT2D eigenvalue weighted by Gasteiger charge is -2.06. The minimum atomic E-state index is -1.79. The first-order valence-electron chi connectivity index (χ1n) is 11.5. The third-order valence-electron chi connectivity index (χ3n) is 4.51. The second kappa shape index (κ2) is 23.7. The summed E-state index contributed by atoms with van der Waals surface area (Å²) in [7, 11) is 0. The summed E-state index contributed by atoms with van der Waals surface area (Å²) in [6, 6.07) is 0. The van der Waals surface area contributed by atoms with Crippen molar-refractivity contribution in [2.75, 3.05) is 13.2 Å². The van der Waals surface area contributed by atoms with E-state index in [4.69, 9.17) is 30.3 Å². The lowest BCUT2D eigenvalue weighted by atomic mass is 10.1. The van der Waals surface area contributed by atoms with Crippen LogP contribution in [0.4, 0.5) is 0 Å². The smallest absolute Gasteiger partial charge is 0.333 e. The maximum atomic E-state index is 11.3. The summed E-state index contributed by atoms with van der Waals surface area (Å²) in [5.41, 5.74) is 0. The molecule has 5 N–H and O–H groups in total. The molecular weight excluding hydrogens is 420 g/mol. The molecule has 0 radical (unpaired) electrons. The van der Waals surface area contributed by atoms with E-state index >= 15 is 0 Å². The van der Waals surface area contributed by atoms with Crippen molar-refractivity contribution >= 4 is 17.9 Å². The number of carbonyl (C=O) groups excluding carboxylic acids is 1. The van der Waals surface area contributed by atoms with Gasteiger partial charge in [-0.2, -0.15) is 0 Å². The Morgan fingerprint density at radius 1 is 0.844 bits per heavy atom. The number of hydrogen-bond donors (Lipinski definition) is 5. The molecule has 9 nitrogen and oxygen atoms in total. The quantitative estimate of drug-likeness (QED) is 0.110. The first kappa shape index (κ1) is 32.2. The summed E-state index contributed by atoms with van der Waals surface area (Å²) in [4.78, 5) is 30.7. The Bertz CT molecular complexity index is 506. The maximum Gasteiger partial charge on any atom is 0.333 e. The molecule has 0 aromatic carbocycles. The molecule has 2 unspecified atom stereocenters. The van der Waals surface area contributed by atoms with E-state index in [1.165, 1.54) is 70.3 Å². The highest BCUT2D eigenvalue weighted by Crippen LogP contribution is 2.12. The van der Waals surface area contributed by atoms with Crippen LogP contribution in [0.3, 0.4) is 0 Å². The number of unbranched alkanes of at least 4 members (excludes halogenated alkanes) is 11. The minimum absolute atomic E-state index is 0.155. The van der Waals surface area contributed by atoms with Crippen LogP contribution in [0.15, 0.2) is 12.2 Å². The van der Waals surface area contributed by atoms with Crippen LogP contribution in [0, 0.1) is 0 Å². The number of rotatable bonds is 19. The van der Waals surface area contributed by atoms with Crippen LogP contribution >= 0.6 is 0 Å². The first-order valence-corrected chi connectivity index (χ1v) is 11.5. The highest BCUT2D eigenvalue weighted by atomic mass is 16.5. The number of aliphatic carboxylic acids is 2. The van der Waals surface area contributed by atoms with Crippen LogP contribution < -0.4 is 0 Å². The number of aliphatic hydroxyl groups is 3. The summed E-state index contributed by atoms with van der Waals surface area (Å²) in [6.45, 7) is 1.70. The van der Waals surface area contributed by atoms with Gasteiger partial charge in [0, 0.05) is 6.08 Å². The molecule has 9 heteroatoms. The van der Waals surface area contributed by atoms with Crippen molar-refractivity contribution in [1.82, 2.24) is 0 Å². The lowest BCUT2D eigenvalue weighted by Crippen LogP contribution is -2.22. The Kier molecular flexibility index (Phi) is 23.8. The van der Waals surface area contributed by atoms with Gasteiger partial charge in [0.15, 0.2) is 6.10 Å². The van der Waals surface area contributed by atoms with Gasteiger partial charge in [-0.1, -0.05) is 77.2 Å². The number of allylic oxidation sites excluding steroid dienone is 1. The van der Waals surface area contributed by atoms with Gasteiger partial charge in [-0.3, -0.25) is 4.79 Å². The molecule has 188 valence electrons. The van der Waals surface area contributed by atoms with E-state index in [9.17, 15) is 14.4 Å². The largest absolute Gasteiger partial charge is 0.481 e. The van der Waals surface area contributed by atoms with Crippen LogP contribution in [0.2, 0.25) is 0 Å². The number of carboxylic acid groups (broad SMARTS) is 2. The summed E-state index contributed by atoms with van der Waals surface area (Å²) < 4.78 is 4.77. The summed E-state index contributed by atoms with van der Waals surface area (Å²) in [5.74, 6) is -3.30. The number of carbonyl (C=O) groups is 3. The fourth-order valence-corrected chi connectivity index (χ4v) is 2.64. The van der Waals surface area contributed by atoms with Crippen LogP contribution in [0.5, 0.6) is 0 Å². The van der Waals surface area contributed by atoms with E-state index in [0.717, 1.165) is 12.8 Å². The molecule has 0 aliphatic carbocycles.